The number of allylic oxidation sites excluding steroid dienone is 1. The molecule has 0 aliphatic carbocycles. The van der Waals surface area contributed by atoms with Crippen LogP contribution in [0, 0.1) is 13.8 Å². The normalized spacial score (nSPS) is 10.6. The van der Waals surface area contributed by atoms with Gasteiger partial charge in [0.25, 0.3) is 0 Å². The third kappa shape index (κ3) is 6.21. The number of thioether (sulfide) groups is 1. The minimum absolute atomic E-state index is 0.0918. The van der Waals surface area contributed by atoms with Gasteiger partial charge in [-0.2, -0.15) is 0 Å². The maximum atomic E-state index is 12.4. The Kier molecular flexibility index (Phi) is 7.70. The van der Waals surface area contributed by atoms with Crippen molar-refractivity contribution in [2.75, 3.05) is 11.1 Å². The standard InChI is InChI=1S/C22H23BrN4O2S/c1-4-9-27-20(13-29-19-7-5-17(23)6-8-19)25-26-22(27)30-14-21(28)24-18-11-15(2)10-16(3)12-18/h4-8,10-12H,1,9,13-14H2,2-3H3,(H,24,28). The molecule has 3 rings (SSSR count). The van der Waals surface area contributed by atoms with Gasteiger partial charge in [-0.3, -0.25) is 9.36 Å². The first-order valence-corrected chi connectivity index (χ1v) is 11.1. The summed E-state index contributed by atoms with van der Waals surface area (Å²) in [7, 11) is 0. The number of amides is 1. The van der Waals surface area contributed by atoms with Crippen LogP contribution in [0.25, 0.3) is 0 Å². The average molecular weight is 487 g/mol. The van der Waals surface area contributed by atoms with Gasteiger partial charge >= 0.3 is 0 Å². The first kappa shape index (κ1) is 22.1. The smallest absolute Gasteiger partial charge is 0.234 e. The molecule has 0 spiro atoms. The highest BCUT2D eigenvalue weighted by atomic mass is 79.9. The summed E-state index contributed by atoms with van der Waals surface area (Å²) in [4.78, 5) is 12.4. The topological polar surface area (TPSA) is 69.0 Å². The first-order chi connectivity index (χ1) is 14.4. The van der Waals surface area contributed by atoms with Gasteiger partial charge in [0.05, 0.1) is 5.75 Å². The molecule has 0 unspecified atom stereocenters. The number of nitrogens with one attached hydrogen (secondary N) is 1. The monoisotopic (exact) mass is 486 g/mol. The molecule has 0 saturated heterocycles. The van der Waals surface area contributed by atoms with E-state index in [9.17, 15) is 4.79 Å². The molecule has 1 amide bonds. The maximum absolute atomic E-state index is 12.4. The second-order valence-electron chi connectivity index (χ2n) is 6.75. The summed E-state index contributed by atoms with van der Waals surface area (Å²) >= 11 is 4.74. The van der Waals surface area contributed by atoms with Gasteiger partial charge in [-0.05, 0) is 61.4 Å². The summed E-state index contributed by atoms with van der Waals surface area (Å²) in [6, 6.07) is 13.6. The fraction of sp³-hybridized carbons (Fsp3) is 0.227. The van der Waals surface area contributed by atoms with E-state index in [0.717, 1.165) is 27.0 Å². The summed E-state index contributed by atoms with van der Waals surface area (Å²) < 4.78 is 8.70. The molecule has 1 heterocycles. The quantitative estimate of drug-likeness (QED) is 0.334. The van der Waals surface area contributed by atoms with Gasteiger partial charge in [-0.25, -0.2) is 0 Å². The van der Waals surface area contributed by atoms with Gasteiger partial charge < -0.3 is 10.1 Å². The van der Waals surface area contributed by atoms with E-state index < -0.39 is 0 Å². The molecule has 0 aliphatic heterocycles. The van der Waals surface area contributed by atoms with E-state index in [4.69, 9.17) is 4.74 Å². The number of rotatable bonds is 9. The number of nitrogens with zero attached hydrogens (tertiary/aromatic N) is 3. The third-order valence-corrected chi connectivity index (χ3v) is 5.62. The zero-order valence-corrected chi connectivity index (χ0v) is 19.3. The Morgan fingerprint density at radius 2 is 1.90 bits per heavy atom. The van der Waals surface area contributed by atoms with E-state index in [1.807, 2.05) is 54.8 Å². The number of hydrogen-bond acceptors (Lipinski definition) is 5. The van der Waals surface area contributed by atoms with E-state index in [1.54, 1.807) is 6.08 Å². The lowest BCUT2D eigenvalue weighted by Gasteiger charge is -2.10. The highest BCUT2D eigenvalue weighted by molar-refractivity contribution is 9.10. The van der Waals surface area contributed by atoms with Crippen LogP contribution in [0.2, 0.25) is 0 Å². The number of anilines is 1. The van der Waals surface area contributed by atoms with Crippen LogP contribution < -0.4 is 10.1 Å². The lowest BCUT2D eigenvalue weighted by molar-refractivity contribution is -0.113. The molecular weight excluding hydrogens is 464 g/mol. The van der Waals surface area contributed by atoms with Crippen molar-refractivity contribution >= 4 is 39.3 Å². The molecule has 3 aromatic rings. The molecule has 0 aliphatic rings. The Hall–Kier alpha value is -2.58. The number of carbonyl (C=O) groups is 1. The molecule has 156 valence electrons. The van der Waals surface area contributed by atoms with E-state index in [0.29, 0.717) is 17.5 Å². The zero-order valence-electron chi connectivity index (χ0n) is 16.9. The molecule has 1 N–H and O–H groups in total. The van der Waals surface area contributed by atoms with Crippen molar-refractivity contribution in [1.82, 2.24) is 14.8 Å². The molecule has 30 heavy (non-hydrogen) atoms. The average Bonchev–Trinajstić information content (AvgIpc) is 3.07. The number of hydrogen-bond donors (Lipinski definition) is 1. The van der Waals surface area contributed by atoms with Crippen LogP contribution in [0.3, 0.4) is 0 Å². The maximum Gasteiger partial charge on any atom is 0.234 e. The molecule has 0 radical (unpaired) electrons. The SMILES string of the molecule is C=CCn1c(COc2ccc(Br)cc2)nnc1SCC(=O)Nc1cc(C)cc(C)c1. The Bertz CT molecular complexity index is 1010. The second kappa shape index (κ2) is 10.4. The van der Waals surface area contributed by atoms with E-state index in [2.05, 4.69) is 44.1 Å². The van der Waals surface area contributed by atoms with Crippen molar-refractivity contribution in [3.8, 4) is 5.75 Å². The van der Waals surface area contributed by atoms with Crippen molar-refractivity contribution < 1.29 is 9.53 Å². The predicted molar refractivity (Wildman–Crippen MR) is 124 cm³/mol. The van der Waals surface area contributed by atoms with Gasteiger partial charge in [0.2, 0.25) is 5.91 Å². The molecule has 0 atom stereocenters. The fourth-order valence-corrected chi connectivity index (χ4v) is 3.93. The van der Waals surface area contributed by atoms with Crippen LogP contribution in [0.4, 0.5) is 5.69 Å². The summed E-state index contributed by atoms with van der Waals surface area (Å²) in [5.74, 6) is 1.56. The molecule has 2 aromatic carbocycles. The Balaban J connectivity index is 1.61. The van der Waals surface area contributed by atoms with Gasteiger partial charge in [0.15, 0.2) is 11.0 Å². The summed E-state index contributed by atoms with van der Waals surface area (Å²) in [5.41, 5.74) is 3.02. The fourth-order valence-electron chi connectivity index (χ4n) is 2.90. The van der Waals surface area contributed by atoms with Gasteiger partial charge in [0.1, 0.15) is 12.4 Å². The van der Waals surface area contributed by atoms with Crippen molar-refractivity contribution in [1.29, 1.82) is 0 Å². The second-order valence-corrected chi connectivity index (χ2v) is 8.61. The van der Waals surface area contributed by atoms with Crippen LogP contribution >= 0.6 is 27.7 Å². The first-order valence-electron chi connectivity index (χ1n) is 9.37. The molecular formula is C22H23BrN4O2S. The Morgan fingerprint density at radius 1 is 1.20 bits per heavy atom. The number of aromatic nitrogens is 3. The van der Waals surface area contributed by atoms with E-state index >= 15 is 0 Å². The lowest BCUT2D eigenvalue weighted by Crippen LogP contribution is -2.15. The number of halogens is 1. The largest absolute Gasteiger partial charge is 0.486 e. The Labute approximate surface area is 188 Å². The predicted octanol–water partition coefficient (Wildman–Crippen LogP) is 5.15. The summed E-state index contributed by atoms with van der Waals surface area (Å²) in [5, 5.41) is 12.0. The van der Waals surface area contributed by atoms with Crippen molar-refractivity contribution in [3.63, 3.8) is 0 Å². The molecule has 0 fully saturated rings. The summed E-state index contributed by atoms with van der Waals surface area (Å²) in [6.07, 6.45) is 1.77. The van der Waals surface area contributed by atoms with Crippen molar-refractivity contribution in [2.24, 2.45) is 0 Å². The lowest BCUT2D eigenvalue weighted by atomic mass is 10.1. The molecule has 0 bridgehead atoms. The number of carbonyl (C=O) groups excluding carboxylic acids is 1. The van der Waals surface area contributed by atoms with Gasteiger partial charge in [0, 0.05) is 16.7 Å². The van der Waals surface area contributed by atoms with E-state index in [1.165, 1.54) is 11.8 Å². The molecule has 1 aromatic heterocycles. The minimum atomic E-state index is -0.0918. The number of ether oxygens (including phenoxy) is 1. The van der Waals surface area contributed by atoms with Crippen LogP contribution in [-0.4, -0.2) is 26.4 Å². The minimum Gasteiger partial charge on any atom is -0.486 e. The highest BCUT2D eigenvalue weighted by Crippen LogP contribution is 2.21. The van der Waals surface area contributed by atoms with Crippen LogP contribution in [0.1, 0.15) is 17.0 Å². The van der Waals surface area contributed by atoms with Crippen LogP contribution in [0.5, 0.6) is 5.75 Å². The zero-order chi connectivity index (χ0) is 21.5. The van der Waals surface area contributed by atoms with Crippen LogP contribution in [-0.2, 0) is 17.9 Å². The molecule has 0 saturated carbocycles. The van der Waals surface area contributed by atoms with Gasteiger partial charge in [-0.1, -0.05) is 39.8 Å². The number of aryl methyl sites for hydroxylation is 2. The highest BCUT2D eigenvalue weighted by Gasteiger charge is 2.14. The van der Waals surface area contributed by atoms with Gasteiger partial charge in [-0.15, -0.1) is 16.8 Å². The number of benzene rings is 2. The van der Waals surface area contributed by atoms with Crippen LogP contribution in [0.15, 0.2) is 64.7 Å². The molecule has 6 nitrogen and oxygen atoms in total. The Morgan fingerprint density at radius 3 is 2.57 bits per heavy atom. The van der Waals surface area contributed by atoms with Crippen molar-refractivity contribution in [3.05, 3.63) is 76.5 Å². The molecule has 8 heteroatoms. The van der Waals surface area contributed by atoms with Crippen molar-refractivity contribution in [2.45, 2.75) is 32.2 Å². The third-order valence-electron chi connectivity index (χ3n) is 4.12. The van der Waals surface area contributed by atoms with E-state index in [-0.39, 0.29) is 18.3 Å². The summed E-state index contributed by atoms with van der Waals surface area (Å²) in [6.45, 7) is 8.63.